The van der Waals surface area contributed by atoms with Gasteiger partial charge in [-0.1, -0.05) is 41.9 Å². The average molecular weight is 479 g/mol. The van der Waals surface area contributed by atoms with E-state index in [4.69, 9.17) is 25.7 Å². The minimum Gasteiger partial charge on any atom is -0.461 e. The van der Waals surface area contributed by atoms with E-state index in [0.717, 1.165) is 10.9 Å². The first-order valence-corrected chi connectivity index (χ1v) is 11.5. The number of hydrogen-bond acceptors (Lipinski definition) is 6. The molecule has 1 unspecified atom stereocenters. The fraction of sp³-hybridized carbons (Fsp3) is 0.269. The molecule has 176 valence electrons. The van der Waals surface area contributed by atoms with Gasteiger partial charge in [0.2, 0.25) is 5.91 Å². The molecule has 1 atom stereocenters. The first-order valence-electron chi connectivity index (χ1n) is 11.1. The van der Waals surface area contributed by atoms with Crippen molar-refractivity contribution in [3.63, 3.8) is 0 Å². The molecule has 0 spiro atoms. The van der Waals surface area contributed by atoms with Crippen molar-refractivity contribution in [2.45, 2.75) is 19.4 Å². The molecule has 0 aliphatic carbocycles. The second-order valence-electron chi connectivity index (χ2n) is 7.94. The topological polar surface area (TPSA) is 80.5 Å². The minimum absolute atomic E-state index is 0.0357. The fourth-order valence-electron chi connectivity index (χ4n) is 3.74. The molecular weight excluding hydrogens is 452 g/mol. The van der Waals surface area contributed by atoms with Gasteiger partial charge in [0.15, 0.2) is 11.6 Å². The molecule has 0 radical (unpaired) electrons. The Hall–Kier alpha value is -3.42. The Kier molecular flexibility index (Phi) is 7.77. The molecule has 4 rings (SSSR count). The molecular formula is C26H27ClN4O3. The van der Waals surface area contributed by atoms with Crippen LogP contribution in [0.15, 0.2) is 71.3 Å². The summed E-state index contributed by atoms with van der Waals surface area (Å²) >= 11 is 6.24. The Bertz CT molecular complexity index is 1230. The van der Waals surface area contributed by atoms with Crippen LogP contribution in [0.25, 0.3) is 22.5 Å². The highest BCUT2D eigenvalue weighted by Crippen LogP contribution is 2.30. The van der Waals surface area contributed by atoms with Crippen molar-refractivity contribution < 1.29 is 13.9 Å². The Balaban J connectivity index is 1.59. The number of carbonyl (C=O) groups excluding carboxylic acids is 1. The number of furan rings is 1. The first kappa shape index (κ1) is 23.7. The third-order valence-electron chi connectivity index (χ3n) is 5.53. The van der Waals surface area contributed by atoms with Crippen molar-refractivity contribution >= 4 is 34.2 Å². The quantitative estimate of drug-likeness (QED) is 0.334. The van der Waals surface area contributed by atoms with Crippen molar-refractivity contribution in [2.24, 2.45) is 0 Å². The van der Waals surface area contributed by atoms with Crippen LogP contribution in [0, 0.1) is 0 Å². The van der Waals surface area contributed by atoms with E-state index in [2.05, 4.69) is 10.3 Å². The van der Waals surface area contributed by atoms with E-state index in [1.165, 1.54) is 0 Å². The van der Waals surface area contributed by atoms with Crippen LogP contribution in [0.1, 0.15) is 24.9 Å². The summed E-state index contributed by atoms with van der Waals surface area (Å²) in [6.07, 6.45) is 1.89. The normalized spacial score (nSPS) is 12.0. The maximum Gasteiger partial charge on any atom is 0.222 e. The summed E-state index contributed by atoms with van der Waals surface area (Å²) in [5.74, 6) is 1.68. The Morgan fingerprint density at radius 1 is 1.12 bits per heavy atom. The van der Waals surface area contributed by atoms with E-state index in [0.29, 0.717) is 54.1 Å². The number of amides is 1. The number of benzene rings is 2. The number of rotatable bonds is 10. The second-order valence-corrected chi connectivity index (χ2v) is 8.38. The lowest BCUT2D eigenvalue weighted by atomic mass is 10.1. The number of aromatic nitrogens is 2. The third-order valence-corrected chi connectivity index (χ3v) is 5.77. The Morgan fingerprint density at radius 2 is 1.94 bits per heavy atom. The standard InChI is InChI=1S/C26H27ClN4O3/c1-18(19-7-4-3-5-8-19)28-24(32)12-13-31(14-16-33-2)26-21-11-10-20(27)17-22(21)29-25(30-26)23-9-6-15-34-23/h3-11,15,17-18H,12-14,16H2,1-2H3,(H,28,32). The average Bonchev–Trinajstić information content (AvgIpc) is 3.39. The van der Waals surface area contributed by atoms with Crippen molar-refractivity contribution in [3.8, 4) is 11.6 Å². The Labute approximate surface area is 203 Å². The predicted octanol–water partition coefficient (Wildman–Crippen LogP) is 5.26. The van der Waals surface area contributed by atoms with Crippen molar-refractivity contribution in [2.75, 3.05) is 31.7 Å². The number of carbonyl (C=O) groups is 1. The zero-order valence-electron chi connectivity index (χ0n) is 19.2. The second kappa shape index (κ2) is 11.1. The lowest BCUT2D eigenvalue weighted by molar-refractivity contribution is -0.121. The van der Waals surface area contributed by atoms with Gasteiger partial charge in [-0.2, -0.15) is 0 Å². The predicted molar refractivity (Wildman–Crippen MR) is 134 cm³/mol. The number of anilines is 1. The summed E-state index contributed by atoms with van der Waals surface area (Å²) in [7, 11) is 1.65. The molecule has 0 aliphatic heterocycles. The maximum absolute atomic E-state index is 12.8. The van der Waals surface area contributed by atoms with Crippen molar-refractivity contribution in [1.82, 2.24) is 15.3 Å². The highest BCUT2D eigenvalue weighted by molar-refractivity contribution is 6.31. The molecule has 0 bridgehead atoms. The summed E-state index contributed by atoms with van der Waals surface area (Å²) in [6, 6.07) is 18.9. The monoisotopic (exact) mass is 478 g/mol. The Morgan fingerprint density at radius 3 is 2.68 bits per heavy atom. The third kappa shape index (κ3) is 5.73. The van der Waals surface area contributed by atoms with Gasteiger partial charge in [-0.3, -0.25) is 4.79 Å². The number of fused-ring (bicyclic) bond motifs is 1. The van der Waals surface area contributed by atoms with Crippen LogP contribution in [0.5, 0.6) is 0 Å². The van der Waals surface area contributed by atoms with Crippen molar-refractivity contribution in [1.29, 1.82) is 0 Å². The van der Waals surface area contributed by atoms with Gasteiger partial charge in [0.05, 0.1) is 24.4 Å². The number of methoxy groups -OCH3 is 1. The van der Waals surface area contributed by atoms with Gasteiger partial charge >= 0.3 is 0 Å². The van der Waals surface area contributed by atoms with Gasteiger partial charge < -0.3 is 19.4 Å². The van der Waals surface area contributed by atoms with Gasteiger partial charge in [0.25, 0.3) is 0 Å². The molecule has 0 aliphatic rings. The van der Waals surface area contributed by atoms with Gasteiger partial charge in [-0.25, -0.2) is 9.97 Å². The van der Waals surface area contributed by atoms with E-state index in [9.17, 15) is 4.79 Å². The largest absolute Gasteiger partial charge is 0.461 e. The number of nitrogens with zero attached hydrogens (tertiary/aromatic N) is 3. The molecule has 34 heavy (non-hydrogen) atoms. The maximum atomic E-state index is 12.8. The van der Waals surface area contributed by atoms with E-state index >= 15 is 0 Å². The molecule has 2 heterocycles. The van der Waals surface area contributed by atoms with Crippen LogP contribution in [-0.2, 0) is 9.53 Å². The van der Waals surface area contributed by atoms with Crippen LogP contribution in [-0.4, -0.2) is 42.7 Å². The van der Waals surface area contributed by atoms with Gasteiger partial charge in [0, 0.05) is 37.0 Å². The zero-order chi connectivity index (χ0) is 23.9. The SMILES string of the molecule is COCCN(CCC(=O)NC(C)c1ccccc1)c1nc(-c2ccco2)nc2cc(Cl)ccc12. The highest BCUT2D eigenvalue weighted by Gasteiger charge is 2.19. The molecule has 7 nitrogen and oxygen atoms in total. The van der Waals surface area contributed by atoms with Gasteiger partial charge in [-0.05, 0) is 42.8 Å². The van der Waals surface area contributed by atoms with Crippen LogP contribution in [0.4, 0.5) is 5.82 Å². The molecule has 4 aromatic rings. The molecule has 8 heteroatoms. The molecule has 0 saturated carbocycles. The van der Waals surface area contributed by atoms with E-state index < -0.39 is 0 Å². The van der Waals surface area contributed by atoms with E-state index in [1.54, 1.807) is 25.5 Å². The zero-order valence-corrected chi connectivity index (χ0v) is 20.0. The molecule has 0 fully saturated rings. The number of ether oxygens (including phenoxy) is 1. The van der Waals surface area contributed by atoms with Crippen LogP contribution >= 0.6 is 11.6 Å². The molecule has 0 saturated heterocycles. The number of hydrogen-bond donors (Lipinski definition) is 1. The number of nitrogens with one attached hydrogen (secondary N) is 1. The highest BCUT2D eigenvalue weighted by atomic mass is 35.5. The van der Waals surface area contributed by atoms with Crippen LogP contribution in [0.3, 0.4) is 0 Å². The van der Waals surface area contributed by atoms with E-state index in [1.807, 2.05) is 60.4 Å². The van der Waals surface area contributed by atoms with Crippen molar-refractivity contribution in [3.05, 3.63) is 77.5 Å². The fourth-order valence-corrected chi connectivity index (χ4v) is 3.91. The molecule has 1 amide bonds. The molecule has 2 aromatic heterocycles. The number of halogens is 1. The summed E-state index contributed by atoms with van der Waals surface area (Å²) in [5, 5.41) is 4.50. The van der Waals surface area contributed by atoms with Gasteiger partial charge in [-0.15, -0.1) is 0 Å². The lowest BCUT2D eigenvalue weighted by Crippen LogP contribution is -2.34. The summed E-state index contributed by atoms with van der Waals surface area (Å²) in [6.45, 7) is 3.48. The smallest absolute Gasteiger partial charge is 0.222 e. The molecule has 2 aromatic carbocycles. The first-order chi connectivity index (χ1) is 16.5. The minimum atomic E-state index is -0.0753. The lowest BCUT2D eigenvalue weighted by Gasteiger charge is -2.25. The summed E-state index contributed by atoms with van der Waals surface area (Å²) < 4.78 is 10.9. The van der Waals surface area contributed by atoms with Crippen LogP contribution < -0.4 is 10.2 Å². The van der Waals surface area contributed by atoms with E-state index in [-0.39, 0.29) is 11.9 Å². The van der Waals surface area contributed by atoms with Gasteiger partial charge in [0.1, 0.15) is 5.82 Å². The summed E-state index contributed by atoms with van der Waals surface area (Å²) in [4.78, 5) is 24.3. The summed E-state index contributed by atoms with van der Waals surface area (Å²) in [5.41, 5.74) is 1.77. The van der Waals surface area contributed by atoms with Crippen LogP contribution in [0.2, 0.25) is 5.02 Å². The molecule has 1 N–H and O–H groups in total.